The van der Waals surface area contributed by atoms with Gasteiger partial charge in [0.05, 0.1) is 0 Å². The molecule has 1 unspecified atom stereocenters. The molecule has 1 aliphatic carbocycles. The number of hydrogen-bond acceptors (Lipinski definition) is 4. The van der Waals surface area contributed by atoms with Gasteiger partial charge in [-0.1, -0.05) is 0 Å². The number of fused-ring (bicyclic) bond motifs is 1. The van der Waals surface area contributed by atoms with Crippen LogP contribution in [0.3, 0.4) is 0 Å². The van der Waals surface area contributed by atoms with Gasteiger partial charge in [0.25, 0.3) is 0 Å². The van der Waals surface area contributed by atoms with Crippen molar-refractivity contribution in [2.45, 2.75) is 18.8 Å². The van der Waals surface area contributed by atoms with Gasteiger partial charge >= 0.3 is 75.4 Å². The van der Waals surface area contributed by atoms with Gasteiger partial charge in [-0.05, 0) is 0 Å². The summed E-state index contributed by atoms with van der Waals surface area (Å²) < 4.78 is 9.89. The summed E-state index contributed by atoms with van der Waals surface area (Å²) >= 11 is 0.165. The van der Waals surface area contributed by atoms with E-state index in [0.29, 0.717) is 0 Å². The predicted octanol–water partition coefficient (Wildman–Crippen LogP) is -0.264. The summed E-state index contributed by atoms with van der Waals surface area (Å²) in [5.74, 6) is -0.297. The SMILES string of the molecule is COC(=O)C1CCc2[se]nnc21. The minimum absolute atomic E-state index is 0.127. The Morgan fingerprint density at radius 1 is 1.75 bits per heavy atom. The van der Waals surface area contributed by atoms with Crippen LogP contribution in [0.5, 0.6) is 0 Å². The number of aryl methyl sites for hydroxylation is 1. The summed E-state index contributed by atoms with van der Waals surface area (Å²) in [5.41, 5.74) is 0.891. The van der Waals surface area contributed by atoms with Crippen molar-refractivity contribution in [3.05, 3.63) is 10.1 Å². The van der Waals surface area contributed by atoms with Gasteiger partial charge in [-0.25, -0.2) is 0 Å². The zero-order chi connectivity index (χ0) is 8.55. The Balaban J connectivity index is 2.28. The van der Waals surface area contributed by atoms with E-state index in [0.717, 1.165) is 18.5 Å². The van der Waals surface area contributed by atoms with Gasteiger partial charge in [-0.15, -0.1) is 0 Å². The van der Waals surface area contributed by atoms with Gasteiger partial charge in [0, 0.05) is 0 Å². The predicted molar refractivity (Wildman–Crippen MR) is 42.1 cm³/mol. The monoisotopic (exact) mass is 232 g/mol. The van der Waals surface area contributed by atoms with Crippen molar-refractivity contribution in [1.29, 1.82) is 0 Å². The van der Waals surface area contributed by atoms with Crippen LogP contribution < -0.4 is 0 Å². The van der Waals surface area contributed by atoms with Crippen LogP contribution in [-0.2, 0) is 16.0 Å². The molecule has 0 N–H and O–H groups in total. The fraction of sp³-hybridized carbons (Fsp3) is 0.571. The van der Waals surface area contributed by atoms with Gasteiger partial charge in [0.1, 0.15) is 0 Å². The molecule has 1 heterocycles. The number of esters is 1. The Labute approximate surface area is 75.9 Å². The molecule has 0 saturated carbocycles. The molecular formula is C7H8N2O2Se. The second-order valence-corrected chi connectivity index (χ2v) is 4.46. The average Bonchev–Trinajstić information content (AvgIpc) is 2.62. The molecule has 0 aliphatic heterocycles. The topological polar surface area (TPSA) is 52.1 Å². The quantitative estimate of drug-likeness (QED) is 0.493. The zero-order valence-electron chi connectivity index (χ0n) is 6.61. The molecule has 1 aliphatic rings. The van der Waals surface area contributed by atoms with Crippen molar-refractivity contribution in [3.8, 4) is 0 Å². The number of ether oxygens (including phenoxy) is 1. The molecule has 1 aromatic heterocycles. The second kappa shape index (κ2) is 2.99. The number of carbonyl (C=O) groups excluding carboxylic acids is 1. The summed E-state index contributed by atoms with van der Waals surface area (Å²) in [6, 6.07) is 0. The van der Waals surface area contributed by atoms with Gasteiger partial charge in [-0.2, -0.15) is 0 Å². The van der Waals surface area contributed by atoms with E-state index >= 15 is 0 Å². The van der Waals surface area contributed by atoms with Crippen LogP contribution in [0.25, 0.3) is 0 Å². The van der Waals surface area contributed by atoms with Gasteiger partial charge in [0.2, 0.25) is 0 Å². The second-order valence-electron chi connectivity index (χ2n) is 2.70. The molecule has 0 aromatic carbocycles. The van der Waals surface area contributed by atoms with Crippen molar-refractivity contribution >= 4 is 20.7 Å². The molecule has 0 amide bonds. The van der Waals surface area contributed by atoms with Crippen LogP contribution in [0.4, 0.5) is 0 Å². The number of hydrogen-bond donors (Lipinski definition) is 0. The first kappa shape index (κ1) is 7.95. The molecule has 12 heavy (non-hydrogen) atoms. The van der Waals surface area contributed by atoms with Crippen molar-refractivity contribution in [1.82, 2.24) is 9.19 Å². The zero-order valence-corrected chi connectivity index (χ0v) is 8.32. The van der Waals surface area contributed by atoms with Gasteiger partial charge in [0.15, 0.2) is 0 Å². The van der Waals surface area contributed by atoms with E-state index in [-0.39, 0.29) is 26.6 Å². The van der Waals surface area contributed by atoms with Crippen molar-refractivity contribution < 1.29 is 9.53 Å². The molecule has 0 bridgehead atoms. The standard InChI is InChI=1S/C7H8N2O2Se/c1-11-7(10)4-2-3-5-6(4)8-9-12-5/h4H,2-3H2,1H3. The van der Waals surface area contributed by atoms with Crippen LogP contribution in [0.1, 0.15) is 22.5 Å². The van der Waals surface area contributed by atoms with Crippen LogP contribution >= 0.6 is 0 Å². The van der Waals surface area contributed by atoms with E-state index in [1.54, 1.807) is 0 Å². The molecule has 0 radical (unpaired) electrons. The molecule has 1 aromatic rings. The molecule has 1 atom stereocenters. The summed E-state index contributed by atoms with van der Waals surface area (Å²) in [7, 11) is 1.41. The Morgan fingerprint density at radius 3 is 3.33 bits per heavy atom. The number of rotatable bonds is 1. The van der Waals surface area contributed by atoms with E-state index in [2.05, 4.69) is 13.9 Å². The molecule has 0 fully saturated rings. The minimum atomic E-state index is -0.170. The van der Waals surface area contributed by atoms with E-state index in [1.165, 1.54) is 11.5 Å². The third-order valence-electron chi connectivity index (χ3n) is 2.06. The number of carbonyl (C=O) groups is 1. The first-order valence-electron chi connectivity index (χ1n) is 3.72. The van der Waals surface area contributed by atoms with E-state index in [9.17, 15) is 4.79 Å². The first-order chi connectivity index (χ1) is 5.83. The van der Waals surface area contributed by atoms with E-state index < -0.39 is 0 Å². The Hall–Kier alpha value is -0.671. The number of nitrogens with zero attached hydrogens (tertiary/aromatic N) is 2. The molecular weight excluding hydrogens is 223 g/mol. The summed E-state index contributed by atoms with van der Waals surface area (Å²) in [6.07, 6.45) is 1.83. The molecule has 0 saturated heterocycles. The molecule has 0 spiro atoms. The van der Waals surface area contributed by atoms with Crippen molar-refractivity contribution in [2.24, 2.45) is 0 Å². The maximum atomic E-state index is 11.2. The number of methoxy groups -OCH3 is 1. The molecule has 4 nitrogen and oxygen atoms in total. The number of aromatic nitrogens is 2. The molecule has 5 heteroatoms. The Morgan fingerprint density at radius 2 is 2.58 bits per heavy atom. The van der Waals surface area contributed by atoms with Gasteiger partial charge < -0.3 is 0 Å². The summed E-state index contributed by atoms with van der Waals surface area (Å²) in [5, 5.41) is 3.98. The van der Waals surface area contributed by atoms with Crippen LogP contribution in [-0.4, -0.2) is 37.0 Å². The summed E-state index contributed by atoms with van der Waals surface area (Å²) in [6.45, 7) is 0. The fourth-order valence-electron chi connectivity index (χ4n) is 1.44. The first-order valence-corrected chi connectivity index (χ1v) is 5.34. The third kappa shape index (κ3) is 1.09. The van der Waals surface area contributed by atoms with E-state index in [1.807, 2.05) is 0 Å². The van der Waals surface area contributed by atoms with Crippen molar-refractivity contribution in [2.75, 3.05) is 7.11 Å². The van der Waals surface area contributed by atoms with Crippen molar-refractivity contribution in [3.63, 3.8) is 0 Å². The normalized spacial score (nSPS) is 20.6. The third-order valence-corrected chi connectivity index (χ3v) is 3.73. The van der Waals surface area contributed by atoms with Gasteiger partial charge in [-0.3, -0.25) is 0 Å². The Bertz CT molecular complexity index is 310. The Kier molecular flexibility index (Phi) is 1.98. The summed E-state index contributed by atoms with van der Waals surface area (Å²) in [4.78, 5) is 11.2. The maximum absolute atomic E-state index is 11.2. The van der Waals surface area contributed by atoms with Crippen LogP contribution in [0.2, 0.25) is 0 Å². The fourth-order valence-corrected chi connectivity index (χ4v) is 2.93. The van der Waals surface area contributed by atoms with Crippen LogP contribution in [0, 0.1) is 0 Å². The van der Waals surface area contributed by atoms with Crippen LogP contribution in [0.15, 0.2) is 0 Å². The molecule has 64 valence electrons. The average molecular weight is 231 g/mol. The van der Waals surface area contributed by atoms with E-state index in [4.69, 9.17) is 0 Å². The molecule has 2 rings (SSSR count).